The third-order valence-corrected chi connectivity index (χ3v) is 2.60. The Hall–Kier alpha value is -2.18. The lowest BCUT2D eigenvalue weighted by Gasteiger charge is -1.95. The summed E-state index contributed by atoms with van der Waals surface area (Å²) in [4.78, 5) is 6.71. The molecule has 1 unspecified atom stereocenters. The SMILES string of the molecule is O=S(O)Oc1c[nH]c2ccccc12.c1ccncc1. The molecule has 0 amide bonds. The summed E-state index contributed by atoms with van der Waals surface area (Å²) in [6.45, 7) is 0. The van der Waals surface area contributed by atoms with Crippen LogP contribution in [-0.4, -0.2) is 18.7 Å². The van der Waals surface area contributed by atoms with Gasteiger partial charge in [0.15, 0.2) is 5.75 Å². The summed E-state index contributed by atoms with van der Waals surface area (Å²) < 4.78 is 23.6. The molecule has 0 fully saturated rings. The summed E-state index contributed by atoms with van der Waals surface area (Å²) in [5.41, 5.74) is 0.878. The summed E-state index contributed by atoms with van der Waals surface area (Å²) in [6.07, 6.45) is 5.05. The fourth-order valence-corrected chi connectivity index (χ4v) is 1.79. The van der Waals surface area contributed by atoms with Crippen LogP contribution in [0.4, 0.5) is 0 Å². The van der Waals surface area contributed by atoms with Gasteiger partial charge in [0, 0.05) is 29.5 Å². The molecule has 0 aliphatic rings. The third kappa shape index (κ3) is 3.90. The molecular formula is C13H12N2O3S. The van der Waals surface area contributed by atoms with Crippen LogP contribution in [0, 0.1) is 0 Å². The maximum Gasteiger partial charge on any atom is 0.357 e. The summed E-state index contributed by atoms with van der Waals surface area (Å²) in [5, 5.41) is 0.796. The van der Waals surface area contributed by atoms with Gasteiger partial charge < -0.3 is 9.17 Å². The zero-order valence-corrected chi connectivity index (χ0v) is 10.7. The van der Waals surface area contributed by atoms with Gasteiger partial charge in [-0.2, -0.15) is 4.21 Å². The molecule has 0 radical (unpaired) electrons. The molecule has 2 aromatic heterocycles. The van der Waals surface area contributed by atoms with Crippen LogP contribution in [-0.2, 0) is 11.4 Å². The largest absolute Gasteiger partial charge is 0.378 e. The second kappa shape index (κ2) is 6.67. The van der Waals surface area contributed by atoms with Crippen molar-refractivity contribution >= 4 is 22.3 Å². The van der Waals surface area contributed by atoms with Gasteiger partial charge in [0.2, 0.25) is 0 Å². The molecule has 1 atom stereocenters. The number of aromatic amines is 1. The van der Waals surface area contributed by atoms with Gasteiger partial charge in [-0.25, -0.2) is 0 Å². The summed E-state index contributed by atoms with van der Waals surface area (Å²) >= 11 is -2.27. The van der Waals surface area contributed by atoms with Gasteiger partial charge in [0.25, 0.3) is 0 Å². The molecule has 0 saturated carbocycles. The van der Waals surface area contributed by atoms with Gasteiger partial charge in [-0.05, 0) is 24.3 Å². The van der Waals surface area contributed by atoms with E-state index in [4.69, 9.17) is 4.55 Å². The lowest BCUT2D eigenvalue weighted by molar-refractivity contribution is 0.460. The number of nitrogens with one attached hydrogen (secondary N) is 1. The molecule has 3 aromatic rings. The highest BCUT2D eigenvalue weighted by Gasteiger charge is 2.05. The Morgan fingerprint density at radius 3 is 2.42 bits per heavy atom. The predicted octanol–water partition coefficient (Wildman–Crippen LogP) is 2.77. The monoisotopic (exact) mass is 276 g/mol. The first-order chi connectivity index (χ1) is 9.27. The topological polar surface area (TPSA) is 75.2 Å². The zero-order chi connectivity index (χ0) is 13.5. The standard InChI is InChI=1S/C8H7NO3S.C5H5N/c10-13(11)12-8-5-9-7-4-2-1-3-6(7)8;1-2-4-6-5-3-1/h1-5,9H,(H,10,11);1-5H. The second-order valence-electron chi connectivity index (χ2n) is 3.52. The first kappa shape index (κ1) is 13.3. The lowest BCUT2D eigenvalue weighted by atomic mass is 10.2. The van der Waals surface area contributed by atoms with Crippen molar-refractivity contribution < 1.29 is 12.9 Å². The number of hydrogen-bond acceptors (Lipinski definition) is 3. The van der Waals surface area contributed by atoms with E-state index >= 15 is 0 Å². The molecule has 2 heterocycles. The van der Waals surface area contributed by atoms with E-state index in [0.717, 1.165) is 10.9 Å². The maximum absolute atomic E-state index is 10.4. The molecule has 0 bridgehead atoms. The Kier molecular flexibility index (Phi) is 4.66. The van der Waals surface area contributed by atoms with E-state index in [1.807, 2.05) is 42.5 Å². The molecular weight excluding hydrogens is 264 g/mol. The molecule has 3 rings (SSSR count). The van der Waals surface area contributed by atoms with E-state index in [-0.39, 0.29) is 0 Å². The summed E-state index contributed by atoms with van der Waals surface area (Å²) in [6, 6.07) is 13.1. The molecule has 1 aromatic carbocycles. The van der Waals surface area contributed by atoms with Gasteiger partial charge in [0.05, 0.1) is 0 Å². The van der Waals surface area contributed by atoms with E-state index in [2.05, 4.69) is 14.2 Å². The van der Waals surface area contributed by atoms with Crippen molar-refractivity contribution in [3.8, 4) is 5.75 Å². The van der Waals surface area contributed by atoms with E-state index in [1.54, 1.807) is 18.6 Å². The summed E-state index contributed by atoms with van der Waals surface area (Å²) in [5.74, 6) is 0.386. The minimum absolute atomic E-state index is 0.386. The maximum atomic E-state index is 10.4. The first-order valence-corrected chi connectivity index (χ1v) is 6.51. The van der Waals surface area contributed by atoms with Crippen molar-refractivity contribution in [2.75, 3.05) is 0 Å². The number of H-pyrrole nitrogens is 1. The van der Waals surface area contributed by atoms with Crippen LogP contribution in [0.2, 0.25) is 0 Å². The molecule has 0 spiro atoms. The van der Waals surface area contributed by atoms with Crippen LogP contribution in [0.5, 0.6) is 5.75 Å². The number of pyridine rings is 1. The lowest BCUT2D eigenvalue weighted by Crippen LogP contribution is -1.96. The number of fused-ring (bicyclic) bond motifs is 1. The normalized spacial score (nSPS) is 11.4. The van der Waals surface area contributed by atoms with Gasteiger partial charge in [-0.3, -0.25) is 9.54 Å². The van der Waals surface area contributed by atoms with Crippen molar-refractivity contribution in [1.29, 1.82) is 0 Å². The molecule has 5 nitrogen and oxygen atoms in total. The van der Waals surface area contributed by atoms with Crippen molar-refractivity contribution in [3.63, 3.8) is 0 Å². The zero-order valence-electron chi connectivity index (χ0n) is 9.89. The van der Waals surface area contributed by atoms with Crippen LogP contribution >= 0.6 is 0 Å². The second-order valence-corrected chi connectivity index (χ2v) is 4.12. The van der Waals surface area contributed by atoms with Crippen molar-refractivity contribution in [1.82, 2.24) is 9.97 Å². The van der Waals surface area contributed by atoms with Crippen LogP contribution < -0.4 is 4.18 Å². The molecule has 0 aliphatic heterocycles. The van der Waals surface area contributed by atoms with Crippen LogP contribution in [0.15, 0.2) is 61.1 Å². The first-order valence-electron chi connectivity index (χ1n) is 5.47. The van der Waals surface area contributed by atoms with E-state index in [9.17, 15) is 4.21 Å². The fourth-order valence-electron chi connectivity index (χ4n) is 1.50. The van der Waals surface area contributed by atoms with E-state index in [0.29, 0.717) is 5.75 Å². The molecule has 0 saturated heterocycles. The quantitative estimate of drug-likeness (QED) is 0.706. The van der Waals surface area contributed by atoms with Crippen molar-refractivity contribution in [3.05, 3.63) is 61.1 Å². The minimum atomic E-state index is -2.27. The fraction of sp³-hybridized carbons (Fsp3) is 0. The summed E-state index contributed by atoms with van der Waals surface area (Å²) in [7, 11) is 0. The van der Waals surface area contributed by atoms with Crippen LogP contribution in [0.1, 0.15) is 0 Å². The van der Waals surface area contributed by atoms with Crippen molar-refractivity contribution in [2.24, 2.45) is 0 Å². The van der Waals surface area contributed by atoms with E-state index < -0.39 is 11.4 Å². The van der Waals surface area contributed by atoms with Gasteiger partial charge in [-0.15, -0.1) is 0 Å². The molecule has 2 N–H and O–H groups in total. The molecule has 6 heteroatoms. The highest BCUT2D eigenvalue weighted by atomic mass is 32.2. The van der Waals surface area contributed by atoms with Crippen LogP contribution in [0.25, 0.3) is 10.9 Å². The van der Waals surface area contributed by atoms with Crippen LogP contribution in [0.3, 0.4) is 0 Å². The highest BCUT2D eigenvalue weighted by molar-refractivity contribution is 7.74. The number of para-hydroxylation sites is 1. The Morgan fingerprint density at radius 2 is 1.84 bits per heavy atom. The number of benzene rings is 1. The highest BCUT2D eigenvalue weighted by Crippen LogP contribution is 2.24. The third-order valence-electron chi connectivity index (χ3n) is 2.28. The Bertz CT molecular complexity index is 628. The minimum Gasteiger partial charge on any atom is -0.378 e. The van der Waals surface area contributed by atoms with Crippen molar-refractivity contribution in [2.45, 2.75) is 0 Å². The Balaban J connectivity index is 0.000000186. The van der Waals surface area contributed by atoms with Gasteiger partial charge in [0.1, 0.15) is 0 Å². The number of aromatic nitrogens is 2. The number of hydrogen-bond donors (Lipinski definition) is 2. The Labute approximate surface area is 112 Å². The number of nitrogens with zero attached hydrogens (tertiary/aromatic N) is 1. The Morgan fingerprint density at radius 1 is 1.11 bits per heavy atom. The van der Waals surface area contributed by atoms with Gasteiger partial charge >= 0.3 is 11.4 Å². The molecule has 98 valence electrons. The molecule has 19 heavy (non-hydrogen) atoms. The predicted molar refractivity (Wildman–Crippen MR) is 73.9 cm³/mol. The average Bonchev–Trinajstić information content (AvgIpc) is 2.84. The average molecular weight is 276 g/mol. The smallest absolute Gasteiger partial charge is 0.357 e. The van der Waals surface area contributed by atoms with Gasteiger partial charge in [-0.1, -0.05) is 18.2 Å². The molecule has 0 aliphatic carbocycles. The van der Waals surface area contributed by atoms with E-state index in [1.165, 1.54) is 0 Å². The number of rotatable bonds is 2.